The maximum absolute atomic E-state index is 12.9. The molecule has 7 nitrogen and oxygen atoms in total. The van der Waals surface area contributed by atoms with Crippen molar-refractivity contribution in [2.45, 2.75) is 39.2 Å². The minimum atomic E-state index is -0.542. The van der Waals surface area contributed by atoms with Gasteiger partial charge in [-0.1, -0.05) is 62.4 Å². The Labute approximate surface area is 238 Å². The summed E-state index contributed by atoms with van der Waals surface area (Å²) in [4.78, 5) is 40.5. The monoisotopic (exact) mass is 594 g/mol. The van der Waals surface area contributed by atoms with Gasteiger partial charge < -0.3 is 20.1 Å². The molecule has 8 heteroatoms. The van der Waals surface area contributed by atoms with Crippen LogP contribution in [0.2, 0.25) is 0 Å². The molecule has 1 atom stereocenters. The third kappa shape index (κ3) is 8.25. The van der Waals surface area contributed by atoms with E-state index in [1.165, 1.54) is 0 Å². The van der Waals surface area contributed by atoms with E-state index < -0.39 is 17.9 Å². The summed E-state index contributed by atoms with van der Waals surface area (Å²) in [5, 5.41) is 0. The van der Waals surface area contributed by atoms with Crippen molar-refractivity contribution >= 4 is 39.3 Å². The highest BCUT2D eigenvalue weighted by Crippen LogP contribution is 2.27. The van der Waals surface area contributed by atoms with Crippen molar-refractivity contribution in [3.63, 3.8) is 0 Å². The van der Waals surface area contributed by atoms with E-state index in [0.717, 1.165) is 18.5 Å². The highest BCUT2D eigenvalue weighted by molar-refractivity contribution is 9.10. The van der Waals surface area contributed by atoms with E-state index in [-0.39, 0.29) is 19.0 Å². The molecule has 0 aliphatic heterocycles. The number of carbonyl (C=O) groups excluding carboxylic acids is 3. The van der Waals surface area contributed by atoms with Gasteiger partial charge in [0, 0.05) is 22.1 Å². The lowest BCUT2D eigenvalue weighted by Crippen LogP contribution is -2.21. The molecule has 3 aromatic carbocycles. The number of hydrogen-bond donors (Lipinski definition) is 1. The van der Waals surface area contributed by atoms with Crippen LogP contribution in [0.1, 0.15) is 70.0 Å². The van der Waals surface area contributed by atoms with Crippen LogP contribution in [0.5, 0.6) is 0 Å². The average Bonchev–Trinajstić information content (AvgIpc) is 2.94. The summed E-state index contributed by atoms with van der Waals surface area (Å²) in [6.07, 6.45) is 1.50. The lowest BCUT2D eigenvalue weighted by molar-refractivity contribution is -0.146. The van der Waals surface area contributed by atoms with Crippen LogP contribution >= 0.6 is 15.9 Å². The van der Waals surface area contributed by atoms with Crippen LogP contribution in [0.4, 0.5) is 5.69 Å². The third-order valence-electron chi connectivity index (χ3n) is 6.34. The molecule has 0 saturated carbocycles. The Bertz CT molecular complexity index is 1300. The first kappa shape index (κ1) is 30.1. The zero-order valence-electron chi connectivity index (χ0n) is 22.6. The minimum absolute atomic E-state index is 0.0774. The van der Waals surface area contributed by atoms with E-state index in [0.29, 0.717) is 45.4 Å². The maximum atomic E-state index is 12.9. The molecule has 2 N–H and O–H groups in total. The van der Waals surface area contributed by atoms with Gasteiger partial charge in [0.2, 0.25) is 0 Å². The molecule has 0 bridgehead atoms. The van der Waals surface area contributed by atoms with Gasteiger partial charge in [-0.2, -0.15) is 0 Å². The van der Waals surface area contributed by atoms with Crippen molar-refractivity contribution < 1.29 is 23.9 Å². The smallest absolute Gasteiger partial charge is 0.338 e. The van der Waals surface area contributed by atoms with E-state index in [2.05, 4.69) is 27.8 Å². The summed E-state index contributed by atoms with van der Waals surface area (Å²) in [5.74, 6) is -1.61. The number of ether oxygens (including phenoxy) is 2. The molecule has 206 valence electrons. The number of benzene rings is 3. The van der Waals surface area contributed by atoms with Gasteiger partial charge in [0.15, 0.2) is 5.78 Å². The highest BCUT2D eigenvalue weighted by atomic mass is 79.9. The van der Waals surface area contributed by atoms with E-state index >= 15 is 0 Å². The molecule has 0 radical (unpaired) electrons. The van der Waals surface area contributed by atoms with Crippen molar-refractivity contribution in [2.75, 3.05) is 32.5 Å². The summed E-state index contributed by atoms with van der Waals surface area (Å²) < 4.78 is 11.4. The molecule has 0 aromatic heterocycles. The van der Waals surface area contributed by atoms with Gasteiger partial charge in [-0.25, -0.2) is 4.79 Å². The number of esters is 2. The Morgan fingerprint density at radius 1 is 0.897 bits per heavy atom. The molecular formula is C31H35BrN2O5. The molecule has 1 unspecified atom stereocenters. The van der Waals surface area contributed by atoms with Gasteiger partial charge in [-0.3, -0.25) is 9.59 Å². The molecule has 0 spiro atoms. The zero-order chi connectivity index (χ0) is 28.4. The van der Waals surface area contributed by atoms with E-state index in [9.17, 15) is 14.4 Å². The quantitative estimate of drug-likeness (QED) is 0.112. The van der Waals surface area contributed by atoms with Crippen LogP contribution in [0.25, 0.3) is 0 Å². The molecule has 39 heavy (non-hydrogen) atoms. The van der Waals surface area contributed by atoms with Crippen LogP contribution in [0, 0.1) is 0 Å². The van der Waals surface area contributed by atoms with Crippen LogP contribution in [0.15, 0.2) is 71.2 Å². The van der Waals surface area contributed by atoms with Crippen molar-refractivity contribution in [1.29, 1.82) is 0 Å². The van der Waals surface area contributed by atoms with Gasteiger partial charge in [-0.05, 0) is 71.7 Å². The van der Waals surface area contributed by atoms with Crippen LogP contribution < -0.4 is 5.73 Å². The van der Waals surface area contributed by atoms with Crippen molar-refractivity contribution in [3.05, 3.63) is 99.0 Å². The predicted molar refractivity (Wildman–Crippen MR) is 156 cm³/mol. The lowest BCUT2D eigenvalue weighted by atomic mass is 9.93. The molecular weight excluding hydrogens is 560 g/mol. The second kappa shape index (κ2) is 14.6. The van der Waals surface area contributed by atoms with Crippen LogP contribution in [0.3, 0.4) is 0 Å². The second-order valence-corrected chi connectivity index (χ2v) is 10.2. The summed E-state index contributed by atoms with van der Waals surface area (Å²) in [6, 6.07) is 19.4. The van der Waals surface area contributed by atoms with Gasteiger partial charge in [-0.15, -0.1) is 0 Å². The van der Waals surface area contributed by atoms with Gasteiger partial charge in [0.1, 0.15) is 13.2 Å². The summed E-state index contributed by atoms with van der Waals surface area (Å²) >= 11 is 3.43. The first-order valence-corrected chi connectivity index (χ1v) is 13.8. The number of nitrogen functional groups attached to an aromatic ring is 1. The van der Waals surface area contributed by atoms with Crippen molar-refractivity contribution in [1.82, 2.24) is 4.90 Å². The number of nitrogens with two attached hydrogens (primary N) is 1. The van der Waals surface area contributed by atoms with Gasteiger partial charge in [0.25, 0.3) is 0 Å². The summed E-state index contributed by atoms with van der Waals surface area (Å²) in [6.45, 7) is 5.33. The zero-order valence-corrected chi connectivity index (χ0v) is 24.2. The van der Waals surface area contributed by atoms with E-state index in [1.54, 1.807) is 42.5 Å². The fourth-order valence-electron chi connectivity index (χ4n) is 4.33. The highest BCUT2D eigenvalue weighted by Gasteiger charge is 2.22. The van der Waals surface area contributed by atoms with Crippen molar-refractivity contribution in [3.8, 4) is 0 Å². The molecule has 0 saturated heterocycles. The SMILES string of the molecule is CCCN(C)Cc1cc(C(=O)OCCOC(=O)C(CC)c2cccc(C(=O)c3ccccc3)c2)cc(Br)c1N. The number of hydrogen-bond acceptors (Lipinski definition) is 7. The number of anilines is 1. The first-order valence-electron chi connectivity index (χ1n) is 13.0. The summed E-state index contributed by atoms with van der Waals surface area (Å²) in [7, 11) is 2.00. The lowest BCUT2D eigenvalue weighted by Gasteiger charge is -2.18. The fraction of sp³-hybridized carbons (Fsp3) is 0.323. The molecule has 3 rings (SSSR count). The molecule has 0 amide bonds. The topological polar surface area (TPSA) is 98.9 Å². The molecule has 0 aliphatic rings. The van der Waals surface area contributed by atoms with Crippen molar-refractivity contribution in [2.24, 2.45) is 0 Å². The van der Waals surface area contributed by atoms with Crippen LogP contribution in [-0.4, -0.2) is 49.4 Å². The largest absolute Gasteiger partial charge is 0.462 e. The Balaban J connectivity index is 1.57. The second-order valence-electron chi connectivity index (χ2n) is 9.35. The Morgan fingerprint density at radius 2 is 1.59 bits per heavy atom. The van der Waals surface area contributed by atoms with Gasteiger partial charge in [0.05, 0.1) is 17.2 Å². The van der Waals surface area contributed by atoms with Crippen LogP contribution in [-0.2, 0) is 20.8 Å². The molecule has 3 aromatic rings. The average molecular weight is 596 g/mol. The number of nitrogens with zero attached hydrogens (tertiary/aromatic N) is 1. The van der Waals surface area contributed by atoms with E-state index in [4.69, 9.17) is 15.2 Å². The number of rotatable bonds is 13. The Hall–Kier alpha value is -3.49. The maximum Gasteiger partial charge on any atom is 0.338 e. The molecule has 0 fully saturated rings. The molecule has 0 aliphatic carbocycles. The minimum Gasteiger partial charge on any atom is -0.462 e. The van der Waals surface area contributed by atoms with E-state index in [1.807, 2.05) is 38.2 Å². The molecule has 0 heterocycles. The Morgan fingerprint density at radius 3 is 2.28 bits per heavy atom. The van der Waals surface area contributed by atoms with Gasteiger partial charge >= 0.3 is 11.9 Å². The Kier molecular flexibility index (Phi) is 11.3. The standard InChI is InChI=1S/C31H35BrN2O5/c1-4-14-34(3)20-25-18-24(19-27(32)28(25)33)30(36)38-15-16-39-31(37)26(5-2)22-12-9-13-23(17-22)29(35)21-10-7-6-8-11-21/h6-13,17-19,26H,4-5,14-16,20,33H2,1-3H3. The number of ketones is 1. The fourth-order valence-corrected chi connectivity index (χ4v) is 4.83. The summed E-state index contributed by atoms with van der Waals surface area (Å²) in [5.41, 5.74) is 9.77. The number of carbonyl (C=O) groups is 3. The third-order valence-corrected chi connectivity index (χ3v) is 6.99. The predicted octanol–water partition coefficient (Wildman–Crippen LogP) is 6.00. The normalized spacial score (nSPS) is 11.7. The number of halogens is 1. The first-order chi connectivity index (χ1) is 18.7.